The normalized spacial score (nSPS) is 11.2. The lowest BCUT2D eigenvalue weighted by Gasteiger charge is -2.06. The molecular weight excluding hydrogens is 272 g/mol. The molecule has 0 fully saturated rings. The molecule has 20 heavy (non-hydrogen) atoms. The summed E-state index contributed by atoms with van der Waals surface area (Å²) in [5, 5.41) is 3.81. The molecule has 3 nitrogen and oxygen atoms in total. The number of halogens is 1. The average molecular weight is 287 g/mol. The van der Waals surface area contributed by atoms with E-state index in [-0.39, 0.29) is 5.78 Å². The minimum absolute atomic E-state index is 0.0437. The number of benzene rings is 1. The van der Waals surface area contributed by atoms with Gasteiger partial charge in [-0.15, -0.1) is 0 Å². The van der Waals surface area contributed by atoms with Crippen molar-refractivity contribution in [3.63, 3.8) is 0 Å². The summed E-state index contributed by atoms with van der Waals surface area (Å²) >= 11 is 5.79. The zero-order valence-corrected chi connectivity index (χ0v) is 11.9. The number of carbonyl (C=O) groups excluding carboxylic acids is 1. The molecule has 0 radical (unpaired) electrons. The first-order valence-corrected chi connectivity index (χ1v) is 6.64. The van der Waals surface area contributed by atoms with Crippen molar-refractivity contribution in [2.75, 3.05) is 0 Å². The van der Waals surface area contributed by atoms with Crippen molar-refractivity contribution in [2.45, 2.75) is 13.5 Å². The molecule has 0 saturated carbocycles. The molecule has 2 rings (SSSR count). The van der Waals surface area contributed by atoms with Crippen molar-refractivity contribution in [1.82, 2.24) is 10.3 Å². The molecule has 0 unspecified atom stereocenters. The molecule has 1 aromatic carbocycles. The highest BCUT2D eigenvalue weighted by molar-refractivity contribution is 6.30. The fourth-order valence-electron chi connectivity index (χ4n) is 1.69. The minimum Gasteiger partial charge on any atom is -0.384 e. The first-order chi connectivity index (χ1) is 9.65. The quantitative estimate of drug-likeness (QED) is 0.674. The van der Waals surface area contributed by atoms with E-state index >= 15 is 0 Å². The van der Waals surface area contributed by atoms with Crippen LogP contribution in [0.1, 0.15) is 22.8 Å². The van der Waals surface area contributed by atoms with E-state index in [9.17, 15) is 4.79 Å². The maximum Gasteiger partial charge on any atom is 0.187 e. The number of nitrogens with zero attached hydrogens (tertiary/aromatic N) is 1. The van der Waals surface area contributed by atoms with Gasteiger partial charge in [0.05, 0.1) is 0 Å². The van der Waals surface area contributed by atoms with E-state index in [0.29, 0.717) is 17.1 Å². The third-order valence-corrected chi connectivity index (χ3v) is 3.02. The van der Waals surface area contributed by atoms with Gasteiger partial charge < -0.3 is 5.32 Å². The molecular formula is C16H15ClN2O. The number of aromatic nitrogens is 1. The first-order valence-electron chi connectivity index (χ1n) is 6.26. The minimum atomic E-state index is -0.0437. The lowest BCUT2D eigenvalue weighted by molar-refractivity contribution is 0.104. The van der Waals surface area contributed by atoms with E-state index in [1.54, 1.807) is 42.7 Å². The largest absolute Gasteiger partial charge is 0.384 e. The van der Waals surface area contributed by atoms with Gasteiger partial charge in [-0.25, -0.2) is 0 Å². The predicted octanol–water partition coefficient (Wildman–Crippen LogP) is 3.61. The SMILES string of the molecule is CC(=CC(=O)c1ccc(Cl)cc1)NCc1cccnc1. The van der Waals surface area contributed by atoms with Crippen LogP contribution in [0.4, 0.5) is 0 Å². The van der Waals surface area contributed by atoms with Crippen LogP contribution in [0.5, 0.6) is 0 Å². The number of carbonyl (C=O) groups is 1. The van der Waals surface area contributed by atoms with Gasteiger partial charge in [0.1, 0.15) is 0 Å². The van der Waals surface area contributed by atoms with Crippen LogP contribution in [0.2, 0.25) is 5.02 Å². The Labute approximate surface area is 123 Å². The number of allylic oxidation sites excluding steroid dienone is 2. The molecule has 0 spiro atoms. The number of nitrogens with one attached hydrogen (secondary N) is 1. The van der Waals surface area contributed by atoms with Gasteiger partial charge in [0, 0.05) is 41.3 Å². The molecule has 0 saturated heterocycles. The number of hydrogen-bond donors (Lipinski definition) is 1. The zero-order valence-electron chi connectivity index (χ0n) is 11.1. The molecule has 1 heterocycles. The van der Waals surface area contributed by atoms with Gasteiger partial charge in [0.15, 0.2) is 5.78 Å². The fourth-order valence-corrected chi connectivity index (χ4v) is 1.82. The Morgan fingerprint density at radius 3 is 2.70 bits per heavy atom. The highest BCUT2D eigenvalue weighted by atomic mass is 35.5. The van der Waals surface area contributed by atoms with E-state index in [1.165, 1.54) is 0 Å². The number of hydrogen-bond acceptors (Lipinski definition) is 3. The summed E-state index contributed by atoms with van der Waals surface area (Å²) < 4.78 is 0. The molecule has 0 aliphatic carbocycles. The number of ketones is 1. The second-order valence-corrected chi connectivity index (χ2v) is 4.85. The summed E-state index contributed by atoms with van der Waals surface area (Å²) in [5.74, 6) is -0.0437. The Balaban J connectivity index is 1.96. The summed E-state index contributed by atoms with van der Waals surface area (Å²) in [7, 11) is 0. The van der Waals surface area contributed by atoms with Crippen LogP contribution in [0, 0.1) is 0 Å². The number of pyridine rings is 1. The van der Waals surface area contributed by atoms with Crippen molar-refractivity contribution >= 4 is 17.4 Å². The molecule has 102 valence electrons. The van der Waals surface area contributed by atoms with Gasteiger partial charge in [-0.05, 0) is 42.8 Å². The van der Waals surface area contributed by atoms with Crippen LogP contribution in [0.3, 0.4) is 0 Å². The van der Waals surface area contributed by atoms with Crippen LogP contribution in [-0.4, -0.2) is 10.8 Å². The zero-order chi connectivity index (χ0) is 14.4. The van der Waals surface area contributed by atoms with Gasteiger partial charge in [-0.2, -0.15) is 0 Å². The van der Waals surface area contributed by atoms with Crippen molar-refractivity contribution in [1.29, 1.82) is 0 Å². The maximum absolute atomic E-state index is 12.0. The van der Waals surface area contributed by atoms with Crippen molar-refractivity contribution in [2.24, 2.45) is 0 Å². The van der Waals surface area contributed by atoms with E-state index in [4.69, 9.17) is 11.6 Å². The first kappa shape index (κ1) is 14.3. The van der Waals surface area contributed by atoms with Crippen molar-refractivity contribution in [3.05, 3.63) is 76.7 Å². The van der Waals surface area contributed by atoms with Gasteiger partial charge in [0.2, 0.25) is 0 Å². The van der Waals surface area contributed by atoms with E-state index < -0.39 is 0 Å². The van der Waals surface area contributed by atoms with E-state index in [1.807, 2.05) is 19.1 Å². The highest BCUT2D eigenvalue weighted by Gasteiger charge is 2.03. The monoisotopic (exact) mass is 286 g/mol. The molecule has 0 amide bonds. The molecule has 4 heteroatoms. The summed E-state index contributed by atoms with van der Waals surface area (Å²) in [6.45, 7) is 2.51. The Kier molecular flexibility index (Phi) is 4.91. The van der Waals surface area contributed by atoms with Gasteiger partial charge in [-0.1, -0.05) is 17.7 Å². The lowest BCUT2D eigenvalue weighted by atomic mass is 10.1. The lowest BCUT2D eigenvalue weighted by Crippen LogP contribution is -2.12. The van der Waals surface area contributed by atoms with Crippen LogP contribution >= 0.6 is 11.6 Å². The van der Waals surface area contributed by atoms with Crippen molar-refractivity contribution < 1.29 is 4.79 Å². The maximum atomic E-state index is 12.0. The summed E-state index contributed by atoms with van der Waals surface area (Å²) in [4.78, 5) is 16.0. The van der Waals surface area contributed by atoms with Crippen molar-refractivity contribution in [3.8, 4) is 0 Å². The third kappa shape index (κ3) is 4.21. The van der Waals surface area contributed by atoms with Crippen LogP contribution in [-0.2, 0) is 6.54 Å². The van der Waals surface area contributed by atoms with Gasteiger partial charge in [-0.3, -0.25) is 9.78 Å². The molecule has 0 aliphatic heterocycles. The van der Waals surface area contributed by atoms with Crippen LogP contribution in [0.25, 0.3) is 0 Å². The Bertz CT molecular complexity index is 606. The molecule has 1 aromatic heterocycles. The standard InChI is InChI=1S/C16H15ClN2O/c1-12(19-11-13-3-2-8-18-10-13)9-16(20)14-4-6-15(17)7-5-14/h2-10,19H,11H2,1H3. The van der Waals surface area contributed by atoms with E-state index in [0.717, 1.165) is 11.3 Å². The molecule has 0 bridgehead atoms. The summed E-state index contributed by atoms with van der Waals surface area (Å²) in [6, 6.07) is 10.7. The second-order valence-electron chi connectivity index (χ2n) is 4.41. The Morgan fingerprint density at radius 1 is 1.30 bits per heavy atom. The smallest absolute Gasteiger partial charge is 0.187 e. The Hall–Kier alpha value is -2.13. The second kappa shape index (κ2) is 6.87. The topological polar surface area (TPSA) is 42.0 Å². The molecule has 0 atom stereocenters. The van der Waals surface area contributed by atoms with Gasteiger partial charge in [0.25, 0.3) is 0 Å². The molecule has 0 aliphatic rings. The third-order valence-electron chi connectivity index (χ3n) is 2.77. The summed E-state index contributed by atoms with van der Waals surface area (Å²) in [5.41, 5.74) is 2.50. The molecule has 1 N–H and O–H groups in total. The number of rotatable bonds is 5. The van der Waals surface area contributed by atoms with Gasteiger partial charge >= 0.3 is 0 Å². The van der Waals surface area contributed by atoms with Crippen LogP contribution < -0.4 is 5.32 Å². The predicted molar refractivity (Wildman–Crippen MR) is 80.6 cm³/mol. The Morgan fingerprint density at radius 2 is 2.05 bits per heavy atom. The fraction of sp³-hybridized carbons (Fsp3) is 0.125. The average Bonchev–Trinajstić information content (AvgIpc) is 2.47. The highest BCUT2D eigenvalue weighted by Crippen LogP contribution is 2.11. The molecule has 2 aromatic rings. The summed E-state index contributed by atoms with van der Waals surface area (Å²) in [6.07, 6.45) is 5.11. The van der Waals surface area contributed by atoms with E-state index in [2.05, 4.69) is 10.3 Å². The van der Waals surface area contributed by atoms with Crippen LogP contribution in [0.15, 0.2) is 60.6 Å².